The summed E-state index contributed by atoms with van der Waals surface area (Å²) >= 11 is 0. The molecule has 3 atom stereocenters. The van der Waals surface area contributed by atoms with E-state index in [0.29, 0.717) is 18.2 Å². The van der Waals surface area contributed by atoms with E-state index in [1.54, 1.807) is 0 Å². The highest BCUT2D eigenvalue weighted by molar-refractivity contribution is 5.36. The van der Waals surface area contributed by atoms with Gasteiger partial charge in [0.2, 0.25) is 0 Å². The van der Waals surface area contributed by atoms with Crippen LogP contribution in [0.15, 0.2) is 12.3 Å². The molecule has 3 unspecified atom stereocenters. The fraction of sp³-hybridized carbons (Fsp3) is 0.727. The fourth-order valence-corrected chi connectivity index (χ4v) is 2.65. The summed E-state index contributed by atoms with van der Waals surface area (Å²) in [5.74, 6) is 1.13. The number of fused-ring (bicyclic) bond motifs is 1. The van der Waals surface area contributed by atoms with Crippen molar-refractivity contribution in [2.45, 2.75) is 44.4 Å². The topological polar surface area (TPSA) is 39.1 Å². The third kappa shape index (κ3) is 1.53. The first-order valence-corrected chi connectivity index (χ1v) is 5.77. The molecule has 2 aliphatic heterocycles. The molecular formula is C11H17N3O. The van der Waals surface area contributed by atoms with Crippen molar-refractivity contribution in [2.75, 3.05) is 11.9 Å². The molecule has 4 heteroatoms. The van der Waals surface area contributed by atoms with Crippen LogP contribution in [0, 0.1) is 0 Å². The van der Waals surface area contributed by atoms with E-state index in [1.165, 1.54) is 12.8 Å². The summed E-state index contributed by atoms with van der Waals surface area (Å²) in [6.45, 7) is 3.19. The van der Waals surface area contributed by atoms with Gasteiger partial charge in [0.05, 0.1) is 24.4 Å². The van der Waals surface area contributed by atoms with E-state index in [1.807, 2.05) is 12.3 Å². The van der Waals surface area contributed by atoms with Gasteiger partial charge in [0.1, 0.15) is 5.82 Å². The molecule has 0 aromatic carbocycles. The van der Waals surface area contributed by atoms with E-state index in [0.717, 1.165) is 18.8 Å². The van der Waals surface area contributed by atoms with Gasteiger partial charge in [0.25, 0.3) is 0 Å². The second-order valence-electron chi connectivity index (χ2n) is 4.51. The Morgan fingerprint density at radius 1 is 1.47 bits per heavy atom. The van der Waals surface area contributed by atoms with Gasteiger partial charge in [-0.25, -0.2) is 4.68 Å². The van der Waals surface area contributed by atoms with E-state index in [9.17, 15) is 0 Å². The monoisotopic (exact) mass is 207 g/mol. The van der Waals surface area contributed by atoms with Gasteiger partial charge in [-0.15, -0.1) is 0 Å². The molecule has 0 saturated carbocycles. The van der Waals surface area contributed by atoms with Crippen LogP contribution in [0.2, 0.25) is 0 Å². The van der Waals surface area contributed by atoms with Crippen molar-refractivity contribution in [3.8, 4) is 0 Å². The van der Waals surface area contributed by atoms with Crippen molar-refractivity contribution < 1.29 is 4.74 Å². The van der Waals surface area contributed by atoms with Crippen LogP contribution in [0.3, 0.4) is 0 Å². The lowest BCUT2D eigenvalue weighted by Gasteiger charge is -2.29. The van der Waals surface area contributed by atoms with Gasteiger partial charge >= 0.3 is 0 Å². The molecule has 0 spiro atoms. The Morgan fingerprint density at radius 3 is 3.20 bits per heavy atom. The van der Waals surface area contributed by atoms with Gasteiger partial charge in [-0.1, -0.05) is 0 Å². The largest absolute Gasteiger partial charge is 0.373 e. The summed E-state index contributed by atoms with van der Waals surface area (Å²) in [7, 11) is 0. The van der Waals surface area contributed by atoms with Crippen molar-refractivity contribution in [1.29, 1.82) is 0 Å². The number of hydrogen-bond acceptors (Lipinski definition) is 3. The highest BCUT2D eigenvalue weighted by Crippen LogP contribution is 2.33. The molecule has 1 aromatic heterocycles. The quantitative estimate of drug-likeness (QED) is 0.763. The summed E-state index contributed by atoms with van der Waals surface area (Å²) in [5, 5.41) is 7.73. The highest BCUT2D eigenvalue weighted by atomic mass is 16.5. The average molecular weight is 207 g/mol. The van der Waals surface area contributed by atoms with Crippen LogP contribution in [0.5, 0.6) is 0 Å². The summed E-state index contributed by atoms with van der Waals surface area (Å²) in [6.07, 6.45) is 6.12. The Morgan fingerprint density at radius 2 is 2.40 bits per heavy atom. The van der Waals surface area contributed by atoms with Crippen LogP contribution in [-0.2, 0) is 4.74 Å². The third-order valence-corrected chi connectivity index (χ3v) is 3.42. The van der Waals surface area contributed by atoms with Gasteiger partial charge in [-0.2, -0.15) is 5.10 Å². The molecule has 82 valence electrons. The molecule has 0 radical (unpaired) electrons. The van der Waals surface area contributed by atoms with E-state index in [-0.39, 0.29) is 0 Å². The molecule has 4 nitrogen and oxygen atoms in total. The molecule has 1 fully saturated rings. The zero-order chi connectivity index (χ0) is 10.3. The first-order valence-electron chi connectivity index (χ1n) is 5.77. The molecule has 1 N–H and O–H groups in total. The Balaban J connectivity index is 1.83. The second-order valence-corrected chi connectivity index (χ2v) is 4.51. The van der Waals surface area contributed by atoms with Gasteiger partial charge < -0.3 is 10.1 Å². The molecule has 0 amide bonds. The van der Waals surface area contributed by atoms with E-state index in [2.05, 4.69) is 22.0 Å². The molecule has 0 bridgehead atoms. The van der Waals surface area contributed by atoms with Gasteiger partial charge in [0, 0.05) is 12.6 Å². The summed E-state index contributed by atoms with van der Waals surface area (Å²) in [4.78, 5) is 0. The molecule has 2 aliphatic rings. The van der Waals surface area contributed by atoms with E-state index >= 15 is 0 Å². The number of aromatic nitrogens is 2. The molecule has 0 aliphatic carbocycles. The lowest BCUT2D eigenvalue weighted by Crippen LogP contribution is -2.32. The molecular weight excluding hydrogens is 190 g/mol. The first kappa shape index (κ1) is 9.21. The number of anilines is 1. The van der Waals surface area contributed by atoms with Crippen molar-refractivity contribution in [3.63, 3.8) is 0 Å². The summed E-state index contributed by atoms with van der Waals surface area (Å²) in [5.41, 5.74) is 0. The van der Waals surface area contributed by atoms with E-state index in [4.69, 9.17) is 4.74 Å². The smallest absolute Gasteiger partial charge is 0.124 e. The Bertz CT molecular complexity index is 349. The maximum absolute atomic E-state index is 5.94. The van der Waals surface area contributed by atoms with Crippen LogP contribution >= 0.6 is 0 Å². The van der Waals surface area contributed by atoms with Crippen LogP contribution in [-0.4, -0.2) is 28.5 Å². The first-order chi connectivity index (χ1) is 7.34. The molecule has 3 rings (SSSR count). The zero-order valence-electron chi connectivity index (χ0n) is 9.02. The Hall–Kier alpha value is -1.03. The van der Waals surface area contributed by atoms with Gasteiger partial charge in [0.15, 0.2) is 0 Å². The molecule has 1 aromatic rings. The van der Waals surface area contributed by atoms with Crippen molar-refractivity contribution in [2.24, 2.45) is 0 Å². The Labute approximate surface area is 89.6 Å². The van der Waals surface area contributed by atoms with Crippen molar-refractivity contribution in [1.82, 2.24) is 9.78 Å². The predicted octanol–water partition coefficient (Wildman–Crippen LogP) is 1.81. The molecule has 15 heavy (non-hydrogen) atoms. The average Bonchev–Trinajstić information content (AvgIpc) is 2.84. The fourth-order valence-electron chi connectivity index (χ4n) is 2.65. The number of ether oxygens (including phenoxy) is 1. The lowest BCUT2D eigenvalue weighted by atomic mass is 10.0. The molecule has 1 saturated heterocycles. The van der Waals surface area contributed by atoms with Gasteiger partial charge in [-0.05, 0) is 26.2 Å². The number of nitrogens with zero attached hydrogens (tertiary/aromatic N) is 2. The van der Waals surface area contributed by atoms with Crippen molar-refractivity contribution in [3.05, 3.63) is 12.3 Å². The standard InChI is InChI=1S/C11H17N3O/c1-8-2-3-10(15-8)9-4-6-12-11-5-7-13-14(9)11/h5,7-10,12H,2-4,6H2,1H3. The zero-order valence-corrected chi connectivity index (χ0v) is 9.02. The number of nitrogens with one attached hydrogen (secondary N) is 1. The second kappa shape index (κ2) is 3.52. The minimum Gasteiger partial charge on any atom is -0.373 e. The number of rotatable bonds is 1. The minimum atomic E-state index is 0.362. The van der Waals surface area contributed by atoms with Crippen LogP contribution in [0.25, 0.3) is 0 Å². The SMILES string of the molecule is CC1CCC(C2CCNc3ccnn32)O1. The third-order valence-electron chi connectivity index (χ3n) is 3.42. The molecule has 3 heterocycles. The summed E-state index contributed by atoms with van der Waals surface area (Å²) < 4.78 is 8.03. The lowest BCUT2D eigenvalue weighted by molar-refractivity contribution is 0.0173. The van der Waals surface area contributed by atoms with Crippen LogP contribution in [0.1, 0.15) is 32.2 Å². The van der Waals surface area contributed by atoms with Crippen LogP contribution < -0.4 is 5.32 Å². The van der Waals surface area contributed by atoms with E-state index < -0.39 is 0 Å². The Kier molecular flexibility index (Phi) is 2.16. The predicted molar refractivity (Wildman–Crippen MR) is 57.9 cm³/mol. The maximum Gasteiger partial charge on any atom is 0.124 e. The maximum atomic E-state index is 5.94. The number of hydrogen-bond donors (Lipinski definition) is 1. The normalized spacial score (nSPS) is 34.9. The summed E-state index contributed by atoms with van der Waals surface area (Å²) in [6, 6.07) is 2.46. The minimum absolute atomic E-state index is 0.362. The van der Waals surface area contributed by atoms with Crippen molar-refractivity contribution >= 4 is 5.82 Å². The highest BCUT2D eigenvalue weighted by Gasteiger charge is 2.33. The van der Waals surface area contributed by atoms with Gasteiger partial charge in [-0.3, -0.25) is 0 Å². The van der Waals surface area contributed by atoms with Crippen LogP contribution in [0.4, 0.5) is 5.82 Å².